The number of likely N-dealkylation sites (tertiary alicyclic amines) is 1. The maximum atomic E-state index is 13.4. The molecular formula is C26H44N4O3. The number of carbonyl (C=O) groups is 3. The highest BCUT2D eigenvalue weighted by Gasteiger charge is 2.47. The van der Waals surface area contributed by atoms with E-state index in [0.29, 0.717) is 29.8 Å². The first-order valence-electron chi connectivity index (χ1n) is 13.3. The molecule has 2 aliphatic carbocycles. The summed E-state index contributed by atoms with van der Waals surface area (Å²) in [6.07, 6.45) is 8.55. The molecule has 0 aromatic carbocycles. The predicted octanol–water partition coefficient (Wildman–Crippen LogP) is 3.29. The maximum absolute atomic E-state index is 13.4. The minimum atomic E-state index is -0.366. The Bertz CT molecular complexity index is 735. The molecule has 33 heavy (non-hydrogen) atoms. The smallest absolute Gasteiger partial charge is 0.321 e. The summed E-state index contributed by atoms with van der Waals surface area (Å²) in [7, 11) is 1.98. The standard InChI is InChI=1S/C26H44N4O3/c1-15-5-8-18(9-6-15)24(31)29-26(33)28-20-10-7-16(2)21(13-20)22-12-19-14-27-17(3)11-23(19)30(4)25(22)32/h15-23,27H,5-14H2,1-4H3,(H2,28,29,31,33). The van der Waals surface area contributed by atoms with Gasteiger partial charge in [0.25, 0.3) is 0 Å². The van der Waals surface area contributed by atoms with Gasteiger partial charge in [0.2, 0.25) is 11.8 Å². The molecule has 4 fully saturated rings. The van der Waals surface area contributed by atoms with Crippen molar-refractivity contribution < 1.29 is 14.4 Å². The van der Waals surface area contributed by atoms with Crippen LogP contribution in [-0.4, -0.2) is 54.5 Å². The number of rotatable bonds is 3. The lowest BCUT2D eigenvalue weighted by molar-refractivity contribution is -0.148. The number of fused-ring (bicyclic) bond motifs is 1. The summed E-state index contributed by atoms with van der Waals surface area (Å²) in [6, 6.07) is 0.455. The molecule has 2 aliphatic heterocycles. The number of urea groups is 1. The normalized spacial score (nSPS) is 41.8. The fourth-order valence-electron chi connectivity index (χ4n) is 7.06. The van der Waals surface area contributed by atoms with Gasteiger partial charge < -0.3 is 15.5 Å². The van der Waals surface area contributed by atoms with E-state index in [1.165, 1.54) is 0 Å². The van der Waals surface area contributed by atoms with Crippen molar-refractivity contribution in [1.29, 1.82) is 0 Å². The first-order valence-corrected chi connectivity index (χ1v) is 13.3. The molecule has 3 N–H and O–H groups in total. The molecule has 7 nitrogen and oxygen atoms in total. The molecule has 0 spiro atoms. The van der Waals surface area contributed by atoms with Crippen molar-refractivity contribution in [2.24, 2.45) is 35.5 Å². The number of nitrogens with one attached hydrogen (secondary N) is 3. The summed E-state index contributed by atoms with van der Waals surface area (Å²) in [4.78, 5) is 40.5. The van der Waals surface area contributed by atoms with Crippen LogP contribution < -0.4 is 16.0 Å². The number of hydrogen-bond donors (Lipinski definition) is 3. The first-order chi connectivity index (χ1) is 15.7. The Kier molecular flexibility index (Phi) is 7.66. The Morgan fingerprint density at radius 3 is 2.42 bits per heavy atom. The lowest BCUT2D eigenvalue weighted by atomic mass is 9.65. The first kappa shape index (κ1) is 24.5. The second-order valence-corrected chi connectivity index (χ2v) is 11.7. The molecular weight excluding hydrogens is 416 g/mol. The highest BCUT2D eigenvalue weighted by Crippen LogP contribution is 2.43. The van der Waals surface area contributed by atoms with Crippen molar-refractivity contribution in [3.05, 3.63) is 0 Å². The van der Waals surface area contributed by atoms with Crippen LogP contribution in [0.1, 0.15) is 78.6 Å². The number of imide groups is 1. The molecule has 0 aromatic rings. The van der Waals surface area contributed by atoms with Crippen LogP contribution in [0.2, 0.25) is 0 Å². The molecule has 4 aliphatic rings. The van der Waals surface area contributed by atoms with Gasteiger partial charge in [-0.3, -0.25) is 14.9 Å². The predicted molar refractivity (Wildman–Crippen MR) is 128 cm³/mol. The summed E-state index contributed by atoms with van der Waals surface area (Å²) < 4.78 is 0. The van der Waals surface area contributed by atoms with Gasteiger partial charge in [-0.15, -0.1) is 0 Å². The average Bonchev–Trinajstić information content (AvgIpc) is 2.78. The van der Waals surface area contributed by atoms with E-state index in [9.17, 15) is 14.4 Å². The van der Waals surface area contributed by atoms with Crippen LogP contribution in [0, 0.1) is 35.5 Å². The molecule has 4 rings (SSSR count). The lowest BCUT2D eigenvalue weighted by Crippen LogP contribution is -2.60. The van der Waals surface area contributed by atoms with Gasteiger partial charge in [0, 0.05) is 43.6 Å². The van der Waals surface area contributed by atoms with Gasteiger partial charge in [0.1, 0.15) is 0 Å². The fraction of sp³-hybridized carbons (Fsp3) is 0.885. The van der Waals surface area contributed by atoms with E-state index in [0.717, 1.165) is 64.3 Å². The summed E-state index contributed by atoms with van der Waals surface area (Å²) in [6.45, 7) is 7.66. The molecule has 2 saturated heterocycles. The van der Waals surface area contributed by atoms with E-state index in [4.69, 9.17) is 0 Å². The topological polar surface area (TPSA) is 90.5 Å². The third-order valence-corrected chi connectivity index (χ3v) is 9.32. The van der Waals surface area contributed by atoms with Crippen molar-refractivity contribution in [2.45, 2.75) is 96.7 Å². The largest absolute Gasteiger partial charge is 0.342 e. The van der Waals surface area contributed by atoms with Crippen LogP contribution in [0.4, 0.5) is 4.79 Å². The van der Waals surface area contributed by atoms with Crippen LogP contribution in [0.25, 0.3) is 0 Å². The van der Waals surface area contributed by atoms with Gasteiger partial charge in [-0.1, -0.05) is 13.8 Å². The van der Waals surface area contributed by atoms with Gasteiger partial charge in [-0.05, 0) is 88.4 Å². The zero-order valence-electron chi connectivity index (χ0n) is 20.9. The van der Waals surface area contributed by atoms with E-state index in [-0.39, 0.29) is 41.6 Å². The Balaban J connectivity index is 1.32. The number of hydrogen-bond acceptors (Lipinski definition) is 4. The van der Waals surface area contributed by atoms with Gasteiger partial charge in [0.05, 0.1) is 0 Å². The Labute approximate surface area is 199 Å². The van der Waals surface area contributed by atoms with Gasteiger partial charge >= 0.3 is 6.03 Å². The minimum absolute atomic E-state index is 0.0192. The summed E-state index contributed by atoms with van der Waals surface area (Å²) in [5.74, 6) is 2.06. The van der Waals surface area contributed by atoms with Crippen molar-refractivity contribution in [3.63, 3.8) is 0 Å². The highest BCUT2D eigenvalue weighted by molar-refractivity contribution is 5.95. The quantitative estimate of drug-likeness (QED) is 0.603. The van der Waals surface area contributed by atoms with Gasteiger partial charge in [-0.25, -0.2) is 4.79 Å². The second-order valence-electron chi connectivity index (χ2n) is 11.7. The molecule has 2 saturated carbocycles. The van der Waals surface area contributed by atoms with Crippen LogP contribution >= 0.6 is 0 Å². The molecule has 186 valence electrons. The van der Waals surface area contributed by atoms with E-state index in [2.05, 4.69) is 36.7 Å². The van der Waals surface area contributed by atoms with Crippen molar-refractivity contribution in [1.82, 2.24) is 20.9 Å². The molecule has 0 aromatic heterocycles. The number of piperidine rings is 2. The lowest BCUT2D eigenvalue weighted by Gasteiger charge is -2.50. The number of nitrogens with zero attached hydrogens (tertiary/aromatic N) is 1. The number of carbonyl (C=O) groups excluding carboxylic acids is 3. The Morgan fingerprint density at radius 1 is 0.970 bits per heavy atom. The average molecular weight is 461 g/mol. The highest BCUT2D eigenvalue weighted by atomic mass is 16.2. The van der Waals surface area contributed by atoms with Crippen LogP contribution in [0.5, 0.6) is 0 Å². The molecule has 7 atom stereocenters. The van der Waals surface area contributed by atoms with E-state index >= 15 is 0 Å². The third kappa shape index (κ3) is 5.55. The summed E-state index contributed by atoms with van der Waals surface area (Å²) >= 11 is 0. The molecule has 7 unspecified atom stereocenters. The van der Waals surface area contributed by atoms with Crippen molar-refractivity contribution >= 4 is 17.8 Å². The van der Waals surface area contributed by atoms with E-state index in [1.54, 1.807) is 0 Å². The zero-order chi connectivity index (χ0) is 23.7. The van der Waals surface area contributed by atoms with Crippen LogP contribution in [-0.2, 0) is 9.59 Å². The summed E-state index contributed by atoms with van der Waals surface area (Å²) in [5.41, 5.74) is 0. The SMILES string of the molecule is CC1CCC(C(=O)NC(=O)NC2CCC(C)C(C3CC4CNC(C)CC4N(C)C3=O)C2)CC1. The van der Waals surface area contributed by atoms with Gasteiger partial charge in [-0.2, -0.15) is 0 Å². The van der Waals surface area contributed by atoms with Crippen molar-refractivity contribution in [2.75, 3.05) is 13.6 Å². The molecule has 0 radical (unpaired) electrons. The summed E-state index contributed by atoms with van der Waals surface area (Å²) in [5, 5.41) is 9.27. The second kappa shape index (κ2) is 10.3. The van der Waals surface area contributed by atoms with Gasteiger partial charge in [0.15, 0.2) is 0 Å². The Hall–Kier alpha value is -1.63. The molecule has 7 heteroatoms. The maximum Gasteiger partial charge on any atom is 0.321 e. The van der Waals surface area contributed by atoms with Crippen LogP contribution in [0.15, 0.2) is 0 Å². The molecule has 2 heterocycles. The van der Waals surface area contributed by atoms with Crippen LogP contribution in [0.3, 0.4) is 0 Å². The molecule has 0 bridgehead atoms. The zero-order valence-corrected chi connectivity index (χ0v) is 20.9. The number of amides is 4. The molecule has 4 amide bonds. The monoisotopic (exact) mass is 460 g/mol. The van der Waals surface area contributed by atoms with E-state index in [1.807, 2.05) is 11.9 Å². The fourth-order valence-corrected chi connectivity index (χ4v) is 7.06. The van der Waals surface area contributed by atoms with Crippen molar-refractivity contribution in [3.8, 4) is 0 Å². The third-order valence-electron chi connectivity index (χ3n) is 9.32. The minimum Gasteiger partial charge on any atom is -0.342 e. The van der Waals surface area contributed by atoms with E-state index < -0.39 is 0 Å². The Morgan fingerprint density at radius 2 is 1.70 bits per heavy atom.